The van der Waals surface area contributed by atoms with Crippen molar-refractivity contribution in [1.29, 1.82) is 10.5 Å². The number of nitriles is 2. The number of phenols is 4. The number of hydrogen-bond donors (Lipinski definition) is 4. The molecule has 0 atom stereocenters. The van der Waals surface area contributed by atoms with Gasteiger partial charge in [0.05, 0.1) is 0 Å². The first kappa shape index (κ1) is 34.9. The molecule has 4 aromatic carbocycles. The molecule has 10 heteroatoms. The SMILES string of the molecule is C/C=C/C(=O)Oc1c(-c2c(C)cc3c(C(C)C)c(O)c(O)c(C#N)c3c2OC(=O)/C=C/C)c(C)cc2c(C(C)C)c(O)c(O)c(C#N)c12. The third kappa shape index (κ3) is 5.62. The fraction of sp³-hybridized carbons (Fsp3) is 0.263. The Morgan fingerprint density at radius 3 is 1.27 bits per heavy atom. The monoisotopic (exact) mass is 648 g/mol. The van der Waals surface area contributed by atoms with E-state index >= 15 is 0 Å². The van der Waals surface area contributed by atoms with E-state index in [0.29, 0.717) is 33.0 Å². The van der Waals surface area contributed by atoms with Gasteiger partial charge in [0.1, 0.15) is 34.8 Å². The summed E-state index contributed by atoms with van der Waals surface area (Å²) in [4.78, 5) is 26.3. The van der Waals surface area contributed by atoms with Crippen molar-refractivity contribution < 1.29 is 39.5 Å². The Hall–Kier alpha value is -6.00. The minimum absolute atomic E-state index is 0.0251. The quantitative estimate of drug-likeness (QED) is 0.0662. The van der Waals surface area contributed by atoms with Crippen LogP contribution < -0.4 is 9.47 Å². The summed E-state index contributed by atoms with van der Waals surface area (Å²) in [6.45, 7) is 13.8. The van der Waals surface area contributed by atoms with Crippen molar-refractivity contribution in [3.05, 3.63) is 69.8 Å². The van der Waals surface area contributed by atoms with Crippen LogP contribution in [-0.4, -0.2) is 32.4 Å². The molecule has 0 aliphatic heterocycles. The minimum atomic E-state index is -0.818. The van der Waals surface area contributed by atoms with Crippen LogP contribution in [0.25, 0.3) is 32.7 Å². The maximum atomic E-state index is 13.2. The molecule has 4 aromatic rings. The highest BCUT2D eigenvalue weighted by Crippen LogP contribution is 2.55. The van der Waals surface area contributed by atoms with Crippen molar-refractivity contribution >= 4 is 33.5 Å². The molecular formula is C38H36N2O8. The minimum Gasteiger partial charge on any atom is -0.504 e. The number of rotatable bonds is 7. The van der Waals surface area contributed by atoms with E-state index in [1.54, 1.807) is 67.5 Å². The number of carbonyl (C=O) groups is 2. The van der Waals surface area contributed by atoms with Gasteiger partial charge in [-0.05, 0) is 61.4 Å². The van der Waals surface area contributed by atoms with Gasteiger partial charge >= 0.3 is 11.9 Å². The molecule has 10 nitrogen and oxygen atoms in total. The number of hydrogen-bond acceptors (Lipinski definition) is 10. The van der Waals surface area contributed by atoms with Crippen molar-refractivity contribution in [3.8, 4) is 57.8 Å². The van der Waals surface area contributed by atoms with E-state index in [2.05, 4.69) is 0 Å². The van der Waals surface area contributed by atoms with Gasteiger partial charge in [0.15, 0.2) is 23.0 Å². The lowest BCUT2D eigenvalue weighted by molar-refractivity contribution is -0.129. The summed E-state index contributed by atoms with van der Waals surface area (Å²) in [5.74, 6) is -5.03. The number of nitrogens with zero attached hydrogens (tertiary/aromatic N) is 2. The van der Waals surface area contributed by atoms with Gasteiger partial charge < -0.3 is 29.9 Å². The van der Waals surface area contributed by atoms with Gasteiger partial charge in [0.2, 0.25) is 0 Å². The highest BCUT2D eigenvalue weighted by Gasteiger charge is 2.32. The van der Waals surface area contributed by atoms with E-state index in [1.165, 1.54) is 12.2 Å². The Bertz CT molecular complexity index is 2020. The summed E-state index contributed by atoms with van der Waals surface area (Å²) in [6, 6.07) is 7.21. The zero-order valence-electron chi connectivity index (χ0n) is 27.9. The van der Waals surface area contributed by atoms with Gasteiger partial charge in [0, 0.05) is 45.2 Å². The van der Waals surface area contributed by atoms with E-state index in [4.69, 9.17) is 9.47 Å². The molecule has 0 fully saturated rings. The predicted molar refractivity (Wildman–Crippen MR) is 182 cm³/mol. The molecule has 246 valence electrons. The normalized spacial score (nSPS) is 11.6. The van der Waals surface area contributed by atoms with Crippen LogP contribution in [0.2, 0.25) is 0 Å². The average molecular weight is 649 g/mol. The first-order valence-corrected chi connectivity index (χ1v) is 15.3. The first-order valence-electron chi connectivity index (χ1n) is 15.3. The molecule has 0 amide bonds. The number of ether oxygens (including phenoxy) is 2. The molecule has 0 saturated carbocycles. The van der Waals surface area contributed by atoms with Crippen molar-refractivity contribution in [2.45, 2.75) is 67.2 Å². The number of esters is 2. The topological polar surface area (TPSA) is 181 Å². The second-order valence-corrected chi connectivity index (χ2v) is 12.0. The van der Waals surface area contributed by atoms with Gasteiger partial charge in [0.25, 0.3) is 0 Å². The average Bonchev–Trinajstić information content (AvgIpc) is 3.00. The Morgan fingerprint density at radius 2 is 1.00 bits per heavy atom. The Kier molecular flexibility index (Phi) is 9.72. The van der Waals surface area contributed by atoms with Crippen LogP contribution in [-0.2, 0) is 9.59 Å². The smallest absolute Gasteiger partial charge is 0.335 e. The lowest BCUT2D eigenvalue weighted by Crippen LogP contribution is -2.11. The van der Waals surface area contributed by atoms with Gasteiger partial charge in [-0.1, -0.05) is 52.0 Å². The number of aromatic hydroxyl groups is 4. The zero-order valence-corrected chi connectivity index (χ0v) is 27.9. The molecule has 4 rings (SSSR count). The van der Waals surface area contributed by atoms with Gasteiger partial charge in [-0.15, -0.1) is 0 Å². The molecule has 0 unspecified atom stereocenters. The highest BCUT2D eigenvalue weighted by molar-refractivity contribution is 6.11. The third-order valence-electron chi connectivity index (χ3n) is 8.11. The Morgan fingerprint density at radius 1 is 0.667 bits per heavy atom. The third-order valence-corrected chi connectivity index (χ3v) is 8.11. The van der Waals surface area contributed by atoms with Gasteiger partial charge in [-0.3, -0.25) is 0 Å². The Balaban J connectivity index is 2.44. The zero-order chi connectivity index (χ0) is 35.8. The summed E-state index contributed by atoms with van der Waals surface area (Å²) in [5.41, 5.74) is 1.18. The summed E-state index contributed by atoms with van der Waals surface area (Å²) >= 11 is 0. The first-order chi connectivity index (χ1) is 22.7. The van der Waals surface area contributed by atoms with E-state index in [0.717, 1.165) is 12.2 Å². The molecule has 0 aliphatic carbocycles. The summed E-state index contributed by atoms with van der Waals surface area (Å²) in [6.07, 6.45) is 5.25. The van der Waals surface area contributed by atoms with E-state index in [-0.39, 0.29) is 56.4 Å². The van der Waals surface area contributed by atoms with Gasteiger partial charge in [-0.2, -0.15) is 10.5 Å². The fourth-order valence-corrected chi connectivity index (χ4v) is 6.23. The molecule has 0 aromatic heterocycles. The largest absolute Gasteiger partial charge is 0.504 e. The number of carbonyl (C=O) groups excluding carboxylic acids is 2. The van der Waals surface area contributed by atoms with Crippen LogP contribution in [0.3, 0.4) is 0 Å². The maximum absolute atomic E-state index is 13.2. The van der Waals surface area contributed by atoms with Crippen molar-refractivity contribution in [2.75, 3.05) is 0 Å². The molecule has 0 heterocycles. The number of aryl methyl sites for hydroxylation is 2. The van der Waals surface area contributed by atoms with Crippen LogP contribution >= 0.6 is 0 Å². The van der Waals surface area contributed by atoms with Crippen LogP contribution in [0.1, 0.15) is 86.8 Å². The Labute approximate surface area is 278 Å². The van der Waals surface area contributed by atoms with Crippen LogP contribution in [0, 0.1) is 36.5 Å². The maximum Gasteiger partial charge on any atom is 0.335 e. The summed E-state index contributed by atoms with van der Waals surface area (Å²) in [7, 11) is 0. The molecule has 0 radical (unpaired) electrons. The molecule has 0 aliphatic rings. The second kappa shape index (κ2) is 13.4. The molecule has 48 heavy (non-hydrogen) atoms. The van der Waals surface area contributed by atoms with Crippen molar-refractivity contribution in [3.63, 3.8) is 0 Å². The second-order valence-electron chi connectivity index (χ2n) is 12.0. The summed E-state index contributed by atoms with van der Waals surface area (Å²) in [5, 5.41) is 65.4. The number of benzene rings is 4. The molecular weight excluding hydrogens is 612 g/mol. The molecule has 0 saturated heterocycles. The van der Waals surface area contributed by atoms with Crippen LogP contribution in [0.5, 0.6) is 34.5 Å². The van der Waals surface area contributed by atoms with E-state index < -0.39 is 34.9 Å². The lowest BCUT2D eigenvalue weighted by atomic mass is 9.83. The van der Waals surface area contributed by atoms with Gasteiger partial charge in [-0.25, -0.2) is 9.59 Å². The molecule has 0 bridgehead atoms. The van der Waals surface area contributed by atoms with Crippen LogP contribution in [0.15, 0.2) is 36.4 Å². The molecule has 4 N–H and O–H groups in total. The molecule has 0 spiro atoms. The fourth-order valence-electron chi connectivity index (χ4n) is 6.23. The van der Waals surface area contributed by atoms with Crippen LogP contribution in [0.4, 0.5) is 0 Å². The lowest BCUT2D eigenvalue weighted by Gasteiger charge is -2.25. The highest BCUT2D eigenvalue weighted by atomic mass is 16.5. The number of allylic oxidation sites excluding steroid dienone is 2. The van der Waals surface area contributed by atoms with Crippen molar-refractivity contribution in [2.24, 2.45) is 0 Å². The van der Waals surface area contributed by atoms with Crippen molar-refractivity contribution in [1.82, 2.24) is 0 Å². The standard InChI is InChI=1S/C38H36N2O8/c1-9-11-25(41)47-37-29(19(7)13-21-27(17(3)4)35(45)33(43)23(15-39)31(21)37)30-20(8)14-22-28(18(5)6)36(46)34(44)24(16-40)32(22)38(30)48-26(42)12-10-2/h9-14,17-18,43-46H,1-8H3/b11-9+,12-10+. The summed E-state index contributed by atoms with van der Waals surface area (Å²) < 4.78 is 11.9. The number of fused-ring (bicyclic) bond motifs is 2. The van der Waals surface area contributed by atoms with E-state index in [9.17, 15) is 40.5 Å². The predicted octanol–water partition coefficient (Wildman–Crippen LogP) is 8.05. The van der Waals surface area contributed by atoms with E-state index in [1.807, 2.05) is 12.1 Å². The number of phenolic OH excluding ortho intramolecular Hbond substituents is 4.